The maximum atomic E-state index is 10.4. The maximum absolute atomic E-state index is 10.4. The largest absolute Gasteiger partial charge is 0.637 e. The fraction of sp³-hybridized carbons (Fsp3) is 0.857. The number of aliphatic hydroxyl groups excluding tert-OH is 4. The SMILES string of the molecule is O=C(O)C(O)C(O)C(O)C1OB(O)OC1CO. The zero-order chi connectivity index (χ0) is 13.2. The van der Waals surface area contributed by atoms with E-state index < -0.39 is 50.4 Å². The molecular formula is C7H13BO9. The molecule has 9 nitrogen and oxygen atoms in total. The summed E-state index contributed by atoms with van der Waals surface area (Å²) in [5, 5.41) is 54.1. The van der Waals surface area contributed by atoms with Crippen molar-refractivity contribution in [1.29, 1.82) is 0 Å². The first-order chi connectivity index (χ1) is 7.88. The molecule has 0 bridgehead atoms. The van der Waals surface area contributed by atoms with Crippen LogP contribution in [0.15, 0.2) is 0 Å². The van der Waals surface area contributed by atoms with E-state index in [2.05, 4.69) is 9.31 Å². The Kier molecular flexibility index (Phi) is 4.83. The average molecular weight is 252 g/mol. The molecule has 1 saturated heterocycles. The van der Waals surface area contributed by atoms with Crippen molar-refractivity contribution < 1.29 is 44.7 Å². The van der Waals surface area contributed by atoms with E-state index in [0.29, 0.717) is 0 Å². The molecule has 0 aliphatic carbocycles. The van der Waals surface area contributed by atoms with Crippen molar-refractivity contribution in [2.45, 2.75) is 30.5 Å². The lowest BCUT2D eigenvalue weighted by molar-refractivity contribution is -0.163. The van der Waals surface area contributed by atoms with E-state index in [9.17, 15) is 15.0 Å². The summed E-state index contributed by atoms with van der Waals surface area (Å²) in [4.78, 5) is 10.4. The zero-order valence-corrected chi connectivity index (χ0v) is 8.58. The molecule has 1 aliphatic heterocycles. The summed E-state index contributed by atoms with van der Waals surface area (Å²) < 4.78 is 9.25. The second-order valence-corrected chi connectivity index (χ2v) is 3.53. The van der Waals surface area contributed by atoms with Crippen LogP contribution in [-0.2, 0) is 14.1 Å². The van der Waals surface area contributed by atoms with Gasteiger partial charge in [0.25, 0.3) is 0 Å². The minimum Gasteiger partial charge on any atom is -0.479 e. The van der Waals surface area contributed by atoms with Crippen LogP contribution < -0.4 is 0 Å². The predicted molar refractivity (Wildman–Crippen MR) is 50.5 cm³/mol. The third-order valence-electron chi connectivity index (χ3n) is 2.37. The Morgan fingerprint density at radius 3 is 2.35 bits per heavy atom. The van der Waals surface area contributed by atoms with Crippen molar-refractivity contribution in [3.05, 3.63) is 0 Å². The fourth-order valence-corrected chi connectivity index (χ4v) is 1.46. The van der Waals surface area contributed by atoms with Crippen molar-refractivity contribution >= 4 is 13.3 Å². The lowest BCUT2D eigenvalue weighted by Gasteiger charge is -2.27. The molecule has 5 unspecified atom stereocenters. The highest BCUT2D eigenvalue weighted by molar-refractivity contribution is 6.35. The first-order valence-corrected chi connectivity index (χ1v) is 4.75. The Morgan fingerprint density at radius 1 is 1.29 bits per heavy atom. The molecular weight excluding hydrogens is 239 g/mol. The molecule has 6 N–H and O–H groups in total. The molecule has 5 atom stereocenters. The van der Waals surface area contributed by atoms with Crippen LogP contribution in [0.1, 0.15) is 0 Å². The first-order valence-electron chi connectivity index (χ1n) is 4.75. The van der Waals surface area contributed by atoms with Crippen molar-refractivity contribution in [1.82, 2.24) is 0 Å². The van der Waals surface area contributed by atoms with E-state index in [1.54, 1.807) is 0 Å². The first kappa shape index (κ1) is 14.3. The van der Waals surface area contributed by atoms with Gasteiger partial charge in [0.05, 0.1) is 12.7 Å². The molecule has 0 aromatic heterocycles. The highest BCUT2D eigenvalue weighted by Gasteiger charge is 2.47. The molecule has 1 rings (SSSR count). The van der Waals surface area contributed by atoms with E-state index in [1.165, 1.54) is 0 Å². The number of carboxylic acids is 1. The molecule has 17 heavy (non-hydrogen) atoms. The van der Waals surface area contributed by atoms with E-state index in [4.69, 9.17) is 20.3 Å². The third-order valence-corrected chi connectivity index (χ3v) is 2.37. The van der Waals surface area contributed by atoms with Crippen molar-refractivity contribution in [2.75, 3.05) is 6.61 Å². The number of hydrogen-bond acceptors (Lipinski definition) is 8. The van der Waals surface area contributed by atoms with E-state index in [1.807, 2.05) is 0 Å². The fourth-order valence-electron chi connectivity index (χ4n) is 1.46. The maximum Gasteiger partial charge on any atom is 0.637 e. The molecule has 1 heterocycles. The predicted octanol–water partition coefficient (Wildman–Crippen LogP) is -4.09. The van der Waals surface area contributed by atoms with Crippen LogP contribution in [0.2, 0.25) is 0 Å². The number of hydrogen-bond donors (Lipinski definition) is 6. The van der Waals surface area contributed by atoms with Gasteiger partial charge in [0, 0.05) is 0 Å². The van der Waals surface area contributed by atoms with E-state index in [0.717, 1.165) is 0 Å². The van der Waals surface area contributed by atoms with Crippen LogP contribution >= 0.6 is 0 Å². The number of carboxylic acid groups (broad SMARTS) is 1. The van der Waals surface area contributed by atoms with Gasteiger partial charge < -0.3 is 39.9 Å². The van der Waals surface area contributed by atoms with Gasteiger partial charge in [0.1, 0.15) is 18.3 Å². The van der Waals surface area contributed by atoms with Crippen LogP contribution in [0.4, 0.5) is 0 Å². The highest BCUT2D eigenvalue weighted by Crippen LogP contribution is 2.21. The van der Waals surface area contributed by atoms with Gasteiger partial charge in [-0.3, -0.25) is 0 Å². The Hall–Kier alpha value is -0.745. The zero-order valence-electron chi connectivity index (χ0n) is 8.58. The molecule has 1 aliphatic rings. The van der Waals surface area contributed by atoms with Gasteiger partial charge in [-0.15, -0.1) is 0 Å². The van der Waals surface area contributed by atoms with Crippen molar-refractivity contribution in [2.24, 2.45) is 0 Å². The van der Waals surface area contributed by atoms with Crippen LogP contribution in [0, 0.1) is 0 Å². The quantitative estimate of drug-likeness (QED) is 0.267. The lowest BCUT2D eigenvalue weighted by atomic mass is 9.99. The number of rotatable bonds is 5. The van der Waals surface area contributed by atoms with Gasteiger partial charge in [-0.05, 0) is 0 Å². The smallest absolute Gasteiger partial charge is 0.479 e. The van der Waals surface area contributed by atoms with Crippen LogP contribution in [0.25, 0.3) is 0 Å². The van der Waals surface area contributed by atoms with Gasteiger partial charge in [-0.2, -0.15) is 0 Å². The number of aliphatic carboxylic acids is 1. The minimum absolute atomic E-state index is 0.616. The number of aliphatic hydroxyl groups is 4. The van der Waals surface area contributed by atoms with Crippen LogP contribution in [0.5, 0.6) is 0 Å². The average Bonchev–Trinajstić information content (AvgIpc) is 2.67. The Labute approximate surface area is 96.0 Å². The van der Waals surface area contributed by atoms with Crippen LogP contribution in [-0.4, -0.2) is 81.0 Å². The summed E-state index contributed by atoms with van der Waals surface area (Å²) in [7, 11) is -1.69. The summed E-state index contributed by atoms with van der Waals surface area (Å²) >= 11 is 0. The molecule has 98 valence electrons. The molecule has 0 amide bonds. The van der Waals surface area contributed by atoms with Crippen molar-refractivity contribution in [3.8, 4) is 0 Å². The standard InChI is InChI=1S/C7H13BO9/c9-1-2-6(17-8(15)16-2)4(11)3(10)5(12)7(13)14/h2-6,9-12,15H,1H2,(H,13,14). The normalized spacial score (nSPS) is 30.1. The van der Waals surface area contributed by atoms with Crippen LogP contribution in [0.3, 0.4) is 0 Å². The molecule has 0 aromatic rings. The Morgan fingerprint density at radius 2 is 1.88 bits per heavy atom. The molecule has 0 saturated carbocycles. The van der Waals surface area contributed by atoms with Gasteiger partial charge in [-0.1, -0.05) is 0 Å². The highest BCUT2D eigenvalue weighted by atomic mass is 16.7. The minimum atomic E-state index is -2.22. The van der Waals surface area contributed by atoms with Gasteiger partial charge >= 0.3 is 13.3 Å². The summed E-state index contributed by atoms with van der Waals surface area (Å²) in [5.41, 5.74) is 0. The molecule has 0 spiro atoms. The summed E-state index contributed by atoms with van der Waals surface area (Å²) in [6.45, 7) is -0.616. The topological polar surface area (TPSA) is 157 Å². The number of carbonyl (C=O) groups is 1. The summed E-state index contributed by atoms with van der Waals surface area (Å²) in [5.74, 6) is -1.73. The molecule has 1 fully saturated rings. The molecule has 10 heteroatoms. The van der Waals surface area contributed by atoms with E-state index >= 15 is 0 Å². The third kappa shape index (κ3) is 3.13. The lowest BCUT2D eigenvalue weighted by Crippen LogP contribution is -2.51. The van der Waals surface area contributed by atoms with Gasteiger partial charge in [0.15, 0.2) is 6.10 Å². The second kappa shape index (κ2) is 5.73. The summed E-state index contributed by atoms with van der Waals surface area (Å²) in [6.07, 6.45) is -8.57. The van der Waals surface area contributed by atoms with Gasteiger partial charge in [-0.25, -0.2) is 4.79 Å². The second-order valence-electron chi connectivity index (χ2n) is 3.53. The monoisotopic (exact) mass is 252 g/mol. The Bertz CT molecular complexity index is 274. The Balaban J connectivity index is 2.68. The van der Waals surface area contributed by atoms with Crippen molar-refractivity contribution in [3.63, 3.8) is 0 Å². The summed E-state index contributed by atoms with van der Waals surface area (Å²) in [6, 6.07) is 0. The molecule has 0 radical (unpaired) electrons. The van der Waals surface area contributed by atoms with Gasteiger partial charge in [0.2, 0.25) is 0 Å². The van der Waals surface area contributed by atoms with E-state index in [-0.39, 0.29) is 0 Å². The molecule has 0 aromatic carbocycles.